The second-order valence-electron chi connectivity index (χ2n) is 5.98. The van der Waals surface area contributed by atoms with Crippen LogP contribution >= 0.6 is 0 Å². The van der Waals surface area contributed by atoms with E-state index in [2.05, 4.69) is 6.07 Å². The molecule has 2 aromatic carbocycles. The van der Waals surface area contributed by atoms with Crippen LogP contribution < -0.4 is 0 Å². The monoisotopic (exact) mass is 335 g/mol. The minimum atomic E-state index is -0.783. The van der Waals surface area contributed by atoms with Crippen molar-refractivity contribution in [1.29, 1.82) is 0 Å². The Balaban J connectivity index is 1.68. The van der Waals surface area contributed by atoms with Gasteiger partial charge in [-0.25, -0.2) is 4.79 Å². The van der Waals surface area contributed by atoms with Crippen LogP contribution in [0.2, 0.25) is 0 Å². The highest BCUT2D eigenvalue weighted by molar-refractivity contribution is 5.89. The Hall–Kier alpha value is -3.08. The molecule has 1 aromatic heterocycles. The summed E-state index contributed by atoms with van der Waals surface area (Å²) < 4.78 is 12.1. The van der Waals surface area contributed by atoms with Crippen LogP contribution in [0.15, 0.2) is 60.7 Å². The second-order valence-corrected chi connectivity index (χ2v) is 5.98. The third kappa shape index (κ3) is 3.01. The summed E-state index contributed by atoms with van der Waals surface area (Å²) in [6.45, 7) is 0.347. The number of ether oxygens (including phenoxy) is 2. The zero-order chi connectivity index (χ0) is 17.2. The van der Waals surface area contributed by atoms with E-state index in [1.54, 1.807) is 0 Å². The van der Waals surface area contributed by atoms with E-state index < -0.39 is 18.0 Å². The molecule has 1 fully saturated rings. The number of carbonyl (C=O) groups is 2. The van der Waals surface area contributed by atoms with Gasteiger partial charge in [0, 0.05) is 23.0 Å². The molecule has 1 atom stereocenters. The number of carbonyl (C=O) groups excluding carboxylic acids is 2. The summed E-state index contributed by atoms with van der Waals surface area (Å²) in [5, 5.41) is 1.05. The molecule has 0 amide bonds. The molecular formula is C20H17NO4. The maximum Gasteiger partial charge on any atom is 0.347 e. The molecule has 0 unspecified atom stereocenters. The number of nitrogens with zero attached hydrogens (tertiary/aromatic N) is 1. The van der Waals surface area contributed by atoms with Gasteiger partial charge in [0.2, 0.25) is 6.10 Å². The summed E-state index contributed by atoms with van der Waals surface area (Å²) in [6.07, 6.45) is -0.364. The third-order valence-electron chi connectivity index (χ3n) is 4.33. The second kappa shape index (κ2) is 6.43. The number of hydrogen-bond donors (Lipinski definition) is 0. The highest BCUT2D eigenvalue weighted by Gasteiger charge is 2.30. The quantitative estimate of drug-likeness (QED) is 0.687. The van der Waals surface area contributed by atoms with Crippen molar-refractivity contribution >= 4 is 22.8 Å². The Bertz CT molecular complexity index is 929. The van der Waals surface area contributed by atoms with Gasteiger partial charge in [-0.1, -0.05) is 48.5 Å². The lowest BCUT2D eigenvalue weighted by Crippen LogP contribution is -2.25. The molecule has 0 aliphatic carbocycles. The number of cyclic esters (lactones) is 1. The van der Waals surface area contributed by atoms with E-state index in [0.29, 0.717) is 13.0 Å². The van der Waals surface area contributed by atoms with E-state index in [-0.39, 0.29) is 6.54 Å². The summed E-state index contributed by atoms with van der Waals surface area (Å²) in [6, 6.07) is 19.8. The zero-order valence-corrected chi connectivity index (χ0v) is 13.6. The molecule has 0 bridgehead atoms. The molecule has 3 aromatic rings. The van der Waals surface area contributed by atoms with Gasteiger partial charge < -0.3 is 14.0 Å². The van der Waals surface area contributed by atoms with Gasteiger partial charge in [-0.15, -0.1) is 0 Å². The first kappa shape index (κ1) is 15.4. The molecule has 5 heteroatoms. The molecule has 1 saturated heterocycles. The SMILES string of the molecule is O=C(Cn1c(-c2ccccc2)cc2ccccc21)O[C@@H]1CCOC1=O. The highest BCUT2D eigenvalue weighted by Crippen LogP contribution is 2.28. The number of benzene rings is 2. The van der Waals surface area contributed by atoms with Crippen LogP contribution in [-0.4, -0.2) is 29.2 Å². The summed E-state index contributed by atoms with van der Waals surface area (Å²) in [5.41, 5.74) is 2.91. The van der Waals surface area contributed by atoms with Crippen molar-refractivity contribution in [3.05, 3.63) is 60.7 Å². The van der Waals surface area contributed by atoms with E-state index in [1.807, 2.05) is 59.2 Å². The van der Waals surface area contributed by atoms with Crippen molar-refractivity contribution in [2.45, 2.75) is 19.1 Å². The summed E-state index contributed by atoms with van der Waals surface area (Å²) in [5.74, 6) is -0.906. The number of hydrogen-bond acceptors (Lipinski definition) is 4. The van der Waals surface area contributed by atoms with E-state index in [1.165, 1.54) is 0 Å². The fourth-order valence-corrected chi connectivity index (χ4v) is 3.14. The van der Waals surface area contributed by atoms with E-state index in [0.717, 1.165) is 22.2 Å². The Labute approximate surface area is 144 Å². The van der Waals surface area contributed by atoms with Gasteiger partial charge in [-0.2, -0.15) is 0 Å². The molecule has 126 valence electrons. The molecule has 0 radical (unpaired) electrons. The Kier molecular flexibility index (Phi) is 3.98. The van der Waals surface area contributed by atoms with Crippen LogP contribution in [0.1, 0.15) is 6.42 Å². The van der Waals surface area contributed by atoms with Crippen molar-refractivity contribution in [1.82, 2.24) is 4.57 Å². The van der Waals surface area contributed by atoms with Gasteiger partial charge in [0.25, 0.3) is 0 Å². The van der Waals surface area contributed by atoms with E-state index in [4.69, 9.17) is 9.47 Å². The first-order valence-electron chi connectivity index (χ1n) is 8.22. The van der Waals surface area contributed by atoms with Crippen LogP contribution in [0, 0.1) is 0 Å². The fourth-order valence-electron chi connectivity index (χ4n) is 3.14. The topological polar surface area (TPSA) is 57.5 Å². The molecule has 25 heavy (non-hydrogen) atoms. The van der Waals surface area contributed by atoms with Crippen molar-refractivity contribution in [2.24, 2.45) is 0 Å². The van der Waals surface area contributed by atoms with Crippen molar-refractivity contribution in [3.8, 4) is 11.3 Å². The highest BCUT2D eigenvalue weighted by atomic mass is 16.6. The average molecular weight is 335 g/mol. The fraction of sp³-hybridized carbons (Fsp3) is 0.200. The van der Waals surface area contributed by atoms with E-state index in [9.17, 15) is 9.59 Å². The van der Waals surface area contributed by atoms with Gasteiger partial charge in [-0.05, 0) is 17.7 Å². The minimum Gasteiger partial charge on any atom is -0.463 e. The van der Waals surface area contributed by atoms with Crippen LogP contribution in [0.5, 0.6) is 0 Å². The van der Waals surface area contributed by atoms with Crippen LogP contribution in [0.3, 0.4) is 0 Å². The maximum atomic E-state index is 12.4. The van der Waals surface area contributed by atoms with Crippen LogP contribution in [0.25, 0.3) is 22.2 Å². The van der Waals surface area contributed by atoms with Crippen molar-refractivity contribution in [3.63, 3.8) is 0 Å². The first-order valence-corrected chi connectivity index (χ1v) is 8.22. The Morgan fingerprint density at radius 2 is 1.88 bits per heavy atom. The number of fused-ring (bicyclic) bond motifs is 1. The standard InChI is InChI=1S/C20H17NO4/c22-19(25-18-10-11-24-20(18)23)13-21-16-9-5-4-8-15(16)12-17(21)14-6-2-1-3-7-14/h1-9,12,18H,10-11,13H2/t18-/m1/s1. The number of aromatic nitrogens is 1. The summed E-state index contributed by atoms with van der Waals surface area (Å²) in [7, 11) is 0. The zero-order valence-electron chi connectivity index (χ0n) is 13.6. The number of rotatable bonds is 4. The van der Waals surface area contributed by atoms with Crippen molar-refractivity contribution in [2.75, 3.05) is 6.61 Å². The van der Waals surface area contributed by atoms with Crippen LogP contribution in [-0.2, 0) is 25.6 Å². The maximum absolute atomic E-state index is 12.4. The molecule has 1 aliphatic heterocycles. The molecule has 5 nitrogen and oxygen atoms in total. The van der Waals surface area contributed by atoms with Gasteiger partial charge in [-0.3, -0.25) is 4.79 Å². The smallest absolute Gasteiger partial charge is 0.347 e. The van der Waals surface area contributed by atoms with Gasteiger partial charge >= 0.3 is 11.9 Å². The first-order chi connectivity index (χ1) is 12.2. The lowest BCUT2D eigenvalue weighted by Gasteiger charge is -2.12. The average Bonchev–Trinajstić information content (AvgIpc) is 3.20. The number of esters is 2. The summed E-state index contributed by atoms with van der Waals surface area (Å²) in [4.78, 5) is 23.9. The van der Waals surface area contributed by atoms with Gasteiger partial charge in [0.05, 0.1) is 6.61 Å². The third-order valence-corrected chi connectivity index (χ3v) is 4.33. The molecule has 0 N–H and O–H groups in total. The number of para-hydroxylation sites is 1. The molecule has 2 heterocycles. The summed E-state index contributed by atoms with van der Waals surface area (Å²) >= 11 is 0. The van der Waals surface area contributed by atoms with Crippen LogP contribution in [0.4, 0.5) is 0 Å². The van der Waals surface area contributed by atoms with Crippen molar-refractivity contribution < 1.29 is 19.1 Å². The van der Waals surface area contributed by atoms with Gasteiger partial charge in [0.15, 0.2) is 0 Å². The van der Waals surface area contributed by atoms with Gasteiger partial charge in [0.1, 0.15) is 6.54 Å². The minimum absolute atomic E-state index is 0.0432. The largest absolute Gasteiger partial charge is 0.463 e. The molecule has 4 rings (SSSR count). The molecule has 1 aliphatic rings. The normalized spacial score (nSPS) is 16.8. The lowest BCUT2D eigenvalue weighted by atomic mass is 10.1. The Morgan fingerprint density at radius 1 is 1.12 bits per heavy atom. The lowest BCUT2D eigenvalue weighted by molar-refractivity contribution is -0.160. The molecular weight excluding hydrogens is 318 g/mol. The van der Waals surface area contributed by atoms with E-state index >= 15 is 0 Å². The predicted octanol–water partition coefficient (Wildman–Crippen LogP) is 3.17. The predicted molar refractivity (Wildman–Crippen MR) is 92.8 cm³/mol. The molecule has 0 spiro atoms. The molecule has 0 saturated carbocycles. The Morgan fingerprint density at radius 3 is 2.64 bits per heavy atom.